The SMILES string of the molecule is COC(=O)C1([S])CCCC1. The number of ether oxygens (including phenoxy) is 1. The summed E-state index contributed by atoms with van der Waals surface area (Å²) in [6, 6.07) is 0. The minimum Gasteiger partial charge on any atom is -0.468 e. The zero-order chi connectivity index (χ0) is 7.61. The van der Waals surface area contributed by atoms with Gasteiger partial charge in [0.05, 0.1) is 7.11 Å². The molecule has 1 rings (SSSR count). The molecule has 0 atom stereocenters. The van der Waals surface area contributed by atoms with E-state index in [4.69, 9.17) is 12.6 Å². The van der Waals surface area contributed by atoms with Gasteiger partial charge in [0, 0.05) is 0 Å². The smallest absolute Gasteiger partial charge is 0.322 e. The Morgan fingerprint density at radius 3 is 2.40 bits per heavy atom. The standard InChI is InChI=1S/C7H11O2S/c1-9-6(8)7(10)4-2-3-5-7/h2-5H2,1H3. The first-order valence-corrected chi connectivity index (χ1v) is 3.89. The average Bonchev–Trinajstić information content (AvgIpc) is 2.36. The molecule has 0 N–H and O–H groups in total. The minimum absolute atomic E-state index is 0.222. The highest BCUT2D eigenvalue weighted by Gasteiger charge is 2.39. The molecule has 0 saturated heterocycles. The van der Waals surface area contributed by atoms with Crippen LogP contribution >= 0.6 is 12.6 Å². The molecule has 0 heterocycles. The van der Waals surface area contributed by atoms with Gasteiger partial charge in [-0.1, -0.05) is 25.5 Å². The highest BCUT2D eigenvalue weighted by atomic mass is 32.1. The van der Waals surface area contributed by atoms with E-state index < -0.39 is 4.75 Å². The van der Waals surface area contributed by atoms with Crippen molar-refractivity contribution in [1.29, 1.82) is 0 Å². The summed E-state index contributed by atoms with van der Waals surface area (Å²) in [5.41, 5.74) is 0. The van der Waals surface area contributed by atoms with Gasteiger partial charge >= 0.3 is 5.97 Å². The summed E-state index contributed by atoms with van der Waals surface area (Å²) in [7, 11) is 1.40. The van der Waals surface area contributed by atoms with Gasteiger partial charge in [-0.15, -0.1) is 0 Å². The number of hydrogen-bond donors (Lipinski definition) is 0. The third kappa shape index (κ3) is 1.29. The fourth-order valence-corrected chi connectivity index (χ4v) is 1.71. The highest BCUT2D eigenvalue weighted by molar-refractivity contribution is 7.82. The normalized spacial score (nSPS) is 22.6. The third-order valence-corrected chi connectivity index (χ3v) is 2.54. The fourth-order valence-electron chi connectivity index (χ4n) is 1.34. The van der Waals surface area contributed by atoms with Gasteiger partial charge in [0.1, 0.15) is 4.75 Å². The molecule has 0 aromatic rings. The Balaban J connectivity index is 2.58. The van der Waals surface area contributed by atoms with Crippen molar-refractivity contribution in [3.63, 3.8) is 0 Å². The van der Waals surface area contributed by atoms with Crippen LogP contribution in [0.5, 0.6) is 0 Å². The van der Waals surface area contributed by atoms with Crippen molar-refractivity contribution in [1.82, 2.24) is 0 Å². The maximum atomic E-state index is 11.0. The Hall–Kier alpha value is -0.180. The van der Waals surface area contributed by atoms with Crippen molar-refractivity contribution in [2.24, 2.45) is 0 Å². The first-order valence-electron chi connectivity index (χ1n) is 3.48. The predicted molar refractivity (Wildman–Crippen MR) is 40.8 cm³/mol. The van der Waals surface area contributed by atoms with Gasteiger partial charge in [-0.3, -0.25) is 4.79 Å². The molecule has 3 heteroatoms. The lowest BCUT2D eigenvalue weighted by atomic mass is 10.1. The largest absolute Gasteiger partial charge is 0.468 e. The zero-order valence-electron chi connectivity index (χ0n) is 6.05. The first-order chi connectivity index (χ1) is 4.69. The van der Waals surface area contributed by atoms with Gasteiger partial charge in [0.25, 0.3) is 0 Å². The van der Waals surface area contributed by atoms with Crippen molar-refractivity contribution in [3.05, 3.63) is 0 Å². The maximum Gasteiger partial charge on any atom is 0.322 e. The Bertz CT molecular complexity index is 139. The van der Waals surface area contributed by atoms with E-state index in [2.05, 4.69) is 4.74 Å². The molecule has 1 saturated carbocycles. The Morgan fingerprint density at radius 2 is 2.00 bits per heavy atom. The molecule has 0 amide bonds. The lowest BCUT2D eigenvalue weighted by Crippen LogP contribution is -2.30. The summed E-state index contributed by atoms with van der Waals surface area (Å²) in [5, 5.41) is 0. The van der Waals surface area contributed by atoms with E-state index >= 15 is 0 Å². The molecule has 0 aromatic carbocycles. The molecule has 0 unspecified atom stereocenters. The molecule has 0 bridgehead atoms. The molecule has 57 valence electrons. The van der Waals surface area contributed by atoms with E-state index in [1.165, 1.54) is 7.11 Å². The lowest BCUT2D eigenvalue weighted by molar-refractivity contribution is -0.143. The second-order valence-electron chi connectivity index (χ2n) is 2.69. The van der Waals surface area contributed by atoms with E-state index in [0.29, 0.717) is 0 Å². The molecule has 10 heavy (non-hydrogen) atoms. The van der Waals surface area contributed by atoms with Gasteiger partial charge in [-0.05, 0) is 12.8 Å². The second-order valence-corrected chi connectivity index (χ2v) is 3.47. The van der Waals surface area contributed by atoms with Gasteiger partial charge < -0.3 is 4.74 Å². The number of carbonyl (C=O) groups is 1. The van der Waals surface area contributed by atoms with Gasteiger partial charge in [-0.25, -0.2) is 0 Å². The molecule has 1 fully saturated rings. The number of methoxy groups -OCH3 is 1. The second kappa shape index (κ2) is 2.82. The average molecular weight is 159 g/mol. The fraction of sp³-hybridized carbons (Fsp3) is 0.857. The summed E-state index contributed by atoms with van der Waals surface area (Å²) in [4.78, 5) is 11.0. The Morgan fingerprint density at radius 1 is 1.50 bits per heavy atom. The molecule has 1 radical (unpaired) electrons. The van der Waals surface area contributed by atoms with Crippen LogP contribution in [0.1, 0.15) is 25.7 Å². The van der Waals surface area contributed by atoms with Crippen LogP contribution in [0.4, 0.5) is 0 Å². The summed E-state index contributed by atoms with van der Waals surface area (Å²) < 4.78 is 4.02. The lowest BCUT2D eigenvalue weighted by Gasteiger charge is -2.16. The number of rotatable bonds is 1. The van der Waals surface area contributed by atoms with Crippen molar-refractivity contribution in [2.45, 2.75) is 30.4 Å². The van der Waals surface area contributed by atoms with Gasteiger partial charge in [-0.2, -0.15) is 0 Å². The Kier molecular flexibility index (Phi) is 2.24. The van der Waals surface area contributed by atoms with Crippen LogP contribution in [-0.4, -0.2) is 17.8 Å². The molecule has 1 aliphatic rings. The van der Waals surface area contributed by atoms with Gasteiger partial charge in [0.2, 0.25) is 0 Å². The number of carbonyl (C=O) groups excluding carboxylic acids is 1. The zero-order valence-corrected chi connectivity index (χ0v) is 6.87. The van der Waals surface area contributed by atoms with Crippen molar-refractivity contribution in [3.8, 4) is 0 Å². The molecule has 0 spiro atoms. The van der Waals surface area contributed by atoms with Gasteiger partial charge in [0.15, 0.2) is 0 Å². The molecule has 0 aromatic heterocycles. The van der Waals surface area contributed by atoms with Crippen molar-refractivity contribution >= 4 is 18.6 Å². The summed E-state index contributed by atoms with van der Waals surface area (Å²) >= 11 is 5.11. The van der Waals surface area contributed by atoms with Crippen LogP contribution in [0.25, 0.3) is 0 Å². The van der Waals surface area contributed by atoms with Crippen LogP contribution < -0.4 is 0 Å². The summed E-state index contributed by atoms with van der Waals surface area (Å²) in [6.45, 7) is 0. The van der Waals surface area contributed by atoms with Crippen molar-refractivity contribution in [2.75, 3.05) is 7.11 Å². The Labute approximate surface area is 66.4 Å². The molecular formula is C7H11O2S. The topological polar surface area (TPSA) is 26.3 Å². The molecule has 2 nitrogen and oxygen atoms in total. The van der Waals surface area contributed by atoms with Crippen LogP contribution in [-0.2, 0) is 9.53 Å². The predicted octanol–water partition coefficient (Wildman–Crippen LogP) is 1.67. The highest BCUT2D eigenvalue weighted by Crippen LogP contribution is 2.36. The first kappa shape index (κ1) is 7.92. The molecule has 1 aliphatic carbocycles. The third-order valence-electron chi connectivity index (χ3n) is 1.97. The van der Waals surface area contributed by atoms with Crippen LogP contribution in [0.15, 0.2) is 0 Å². The maximum absolute atomic E-state index is 11.0. The van der Waals surface area contributed by atoms with E-state index in [1.807, 2.05) is 0 Å². The van der Waals surface area contributed by atoms with E-state index in [-0.39, 0.29) is 5.97 Å². The molecular weight excluding hydrogens is 148 g/mol. The monoisotopic (exact) mass is 159 g/mol. The number of esters is 1. The van der Waals surface area contributed by atoms with Crippen molar-refractivity contribution < 1.29 is 9.53 Å². The van der Waals surface area contributed by atoms with Crippen LogP contribution in [0, 0.1) is 0 Å². The summed E-state index contributed by atoms with van der Waals surface area (Å²) in [5.74, 6) is -0.222. The van der Waals surface area contributed by atoms with Crippen LogP contribution in [0.2, 0.25) is 0 Å². The molecule has 0 aliphatic heterocycles. The van der Waals surface area contributed by atoms with E-state index in [9.17, 15) is 4.79 Å². The van der Waals surface area contributed by atoms with E-state index in [0.717, 1.165) is 25.7 Å². The minimum atomic E-state index is -0.575. The number of hydrogen-bond acceptors (Lipinski definition) is 2. The summed E-state index contributed by atoms with van der Waals surface area (Å²) in [6.07, 6.45) is 3.77. The van der Waals surface area contributed by atoms with E-state index in [1.54, 1.807) is 0 Å². The van der Waals surface area contributed by atoms with Crippen LogP contribution in [0.3, 0.4) is 0 Å². The quantitative estimate of drug-likeness (QED) is 0.544.